The summed E-state index contributed by atoms with van der Waals surface area (Å²) in [5, 5.41) is 9.30. The Morgan fingerprint density at radius 1 is 1.39 bits per heavy atom. The van der Waals surface area contributed by atoms with Gasteiger partial charge in [0.1, 0.15) is 5.75 Å². The average molecular weight is 249 g/mol. The number of hydrogen-bond donors (Lipinski definition) is 1. The molecule has 0 saturated heterocycles. The van der Waals surface area contributed by atoms with Gasteiger partial charge in [-0.05, 0) is 38.8 Å². The van der Waals surface area contributed by atoms with Gasteiger partial charge < -0.3 is 14.7 Å². The lowest BCUT2D eigenvalue weighted by Crippen LogP contribution is -2.36. The SMILES string of the molecule is COc1ccc(C)cc1CN(C)CC1CC(O)C1. The molecule has 0 aliphatic heterocycles. The Balaban J connectivity index is 1.93. The van der Waals surface area contributed by atoms with Gasteiger partial charge >= 0.3 is 0 Å². The van der Waals surface area contributed by atoms with Crippen LogP contribution in [0.25, 0.3) is 0 Å². The molecule has 1 saturated carbocycles. The van der Waals surface area contributed by atoms with Crippen molar-refractivity contribution in [2.75, 3.05) is 20.7 Å². The van der Waals surface area contributed by atoms with Crippen molar-refractivity contribution >= 4 is 0 Å². The second kappa shape index (κ2) is 5.72. The summed E-state index contributed by atoms with van der Waals surface area (Å²) in [5.74, 6) is 1.61. The van der Waals surface area contributed by atoms with E-state index in [0.29, 0.717) is 5.92 Å². The third kappa shape index (κ3) is 3.24. The van der Waals surface area contributed by atoms with Crippen LogP contribution in [0, 0.1) is 12.8 Å². The molecular formula is C15H23NO2. The van der Waals surface area contributed by atoms with E-state index in [9.17, 15) is 5.11 Å². The summed E-state index contributed by atoms with van der Waals surface area (Å²) in [6.07, 6.45) is 1.85. The predicted molar refractivity (Wildman–Crippen MR) is 72.8 cm³/mol. The first kappa shape index (κ1) is 13.4. The van der Waals surface area contributed by atoms with Crippen molar-refractivity contribution in [3.8, 4) is 5.75 Å². The van der Waals surface area contributed by atoms with Gasteiger partial charge in [-0.3, -0.25) is 0 Å². The van der Waals surface area contributed by atoms with Crippen LogP contribution >= 0.6 is 0 Å². The monoisotopic (exact) mass is 249 g/mol. The van der Waals surface area contributed by atoms with Crippen LogP contribution < -0.4 is 4.74 Å². The first-order valence-corrected chi connectivity index (χ1v) is 6.58. The zero-order valence-electron chi connectivity index (χ0n) is 11.5. The van der Waals surface area contributed by atoms with Crippen LogP contribution in [0.1, 0.15) is 24.0 Å². The van der Waals surface area contributed by atoms with E-state index < -0.39 is 0 Å². The van der Waals surface area contributed by atoms with E-state index in [2.05, 4.69) is 31.0 Å². The fourth-order valence-corrected chi connectivity index (χ4v) is 2.68. The van der Waals surface area contributed by atoms with Gasteiger partial charge in [-0.15, -0.1) is 0 Å². The van der Waals surface area contributed by atoms with Crippen LogP contribution in [0.5, 0.6) is 5.75 Å². The molecule has 0 radical (unpaired) electrons. The van der Waals surface area contributed by atoms with Gasteiger partial charge in [0.15, 0.2) is 0 Å². The highest BCUT2D eigenvalue weighted by Gasteiger charge is 2.27. The minimum Gasteiger partial charge on any atom is -0.496 e. The Bertz CT molecular complexity index is 399. The standard InChI is InChI=1S/C15H23NO2/c1-11-4-5-15(18-3)13(6-11)10-16(2)9-12-7-14(17)8-12/h4-6,12,14,17H,7-10H2,1-3H3. The van der Waals surface area contributed by atoms with Crippen LogP contribution in [-0.2, 0) is 6.54 Å². The van der Waals surface area contributed by atoms with Crippen molar-refractivity contribution in [2.45, 2.75) is 32.4 Å². The van der Waals surface area contributed by atoms with Crippen molar-refractivity contribution < 1.29 is 9.84 Å². The number of benzene rings is 1. The molecule has 0 bridgehead atoms. The van der Waals surface area contributed by atoms with Gasteiger partial charge in [0.25, 0.3) is 0 Å². The van der Waals surface area contributed by atoms with E-state index in [1.165, 1.54) is 11.1 Å². The summed E-state index contributed by atoms with van der Waals surface area (Å²) >= 11 is 0. The Hall–Kier alpha value is -1.06. The van der Waals surface area contributed by atoms with E-state index >= 15 is 0 Å². The van der Waals surface area contributed by atoms with Gasteiger partial charge in [-0.2, -0.15) is 0 Å². The van der Waals surface area contributed by atoms with Crippen LogP contribution in [0.2, 0.25) is 0 Å². The average Bonchev–Trinajstić information content (AvgIpc) is 2.27. The number of aryl methyl sites for hydroxylation is 1. The van der Waals surface area contributed by atoms with E-state index in [1.54, 1.807) is 7.11 Å². The lowest BCUT2D eigenvalue weighted by atomic mass is 9.82. The topological polar surface area (TPSA) is 32.7 Å². The molecule has 0 unspecified atom stereocenters. The molecule has 0 atom stereocenters. The fraction of sp³-hybridized carbons (Fsp3) is 0.600. The normalized spacial score (nSPS) is 22.9. The number of methoxy groups -OCH3 is 1. The molecule has 2 rings (SSSR count). The Labute approximate surface area is 109 Å². The molecule has 100 valence electrons. The largest absolute Gasteiger partial charge is 0.496 e. The zero-order chi connectivity index (χ0) is 13.1. The fourth-order valence-electron chi connectivity index (χ4n) is 2.68. The van der Waals surface area contributed by atoms with Crippen molar-refractivity contribution in [2.24, 2.45) is 5.92 Å². The molecule has 0 amide bonds. The molecule has 1 fully saturated rings. The summed E-state index contributed by atoms with van der Waals surface area (Å²) in [6, 6.07) is 6.29. The highest BCUT2D eigenvalue weighted by atomic mass is 16.5. The van der Waals surface area contributed by atoms with E-state index in [1.807, 2.05) is 6.07 Å². The van der Waals surface area contributed by atoms with E-state index in [0.717, 1.165) is 31.7 Å². The lowest BCUT2D eigenvalue weighted by molar-refractivity contribution is 0.0273. The quantitative estimate of drug-likeness (QED) is 0.868. The van der Waals surface area contributed by atoms with Gasteiger partial charge in [0, 0.05) is 18.7 Å². The summed E-state index contributed by atoms with van der Waals surface area (Å²) in [6.45, 7) is 4.05. The van der Waals surface area contributed by atoms with Crippen LogP contribution in [0.15, 0.2) is 18.2 Å². The maximum absolute atomic E-state index is 9.30. The van der Waals surface area contributed by atoms with Crippen LogP contribution in [0.3, 0.4) is 0 Å². The molecular weight excluding hydrogens is 226 g/mol. The first-order chi connectivity index (χ1) is 8.58. The molecule has 1 aromatic rings. The molecule has 18 heavy (non-hydrogen) atoms. The predicted octanol–water partition coefficient (Wildman–Crippen LogP) is 2.21. The number of ether oxygens (including phenoxy) is 1. The maximum Gasteiger partial charge on any atom is 0.123 e. The van der Waals surface area contributed by atoms with E-state index in [-0.39, 0.29) is 6.10 Å². The van der Waals surface area contributed by atoms with Crippen molar-refractivity contribution in [1.29, 1.82) is 0 Å². The van der Waals surface area contributed by atoms with Crippen LogP contribution in [-0.4, -0.2) is 36.8 Å². The summed E-state index contributed by atoms with van der Waals surface area (Å²) in [4.78, 5) is 2.31. The molecule has 1 aromatic carbocycles. The lowest BCUT2D eigenvalue weighted by Gasteiger charge is -2.34. The van der Waals surface area contributed by atoms with Crippen LogP contribution in [0.4, 0.5) is 0 Å². The first-order valence-electron chi connectivity index (χ1n) is 6.58. The zero-order valence-corrected chi connectivity index (χ0v) is 11.5. The summed E-state index contributed by atoms with van der Waals surface area (Å²) < 4.78 is 5.40. The third-order valence-electron chi connectivity index (χ3n) is 3.66. The van der Waals surface area contributed by atoms with E-state index in [4.69, 9.17) is 4.74 Å². The van der Waals surface area contributed by atoms with Crippen molar-refractivity contribution in [1.82, 2.24) is 4.90 Å². The van der Waals surface area contributed by atoms with Crippen molar-refractivity contribution in [3.63, 3.8) is 0 Å². The minimum atomic E-state index is -0.0584. The second-order valence-electron chi connectivity index (χ2n) is 5.50. The Morgan fingerprint density at radius 3 is 2.72 bits per heavy atom. The Morgan fingerprint density at radius 2 is 2.11 bits per heavy atom. The van der Waals surface area contributed by atoms with Gasteiger partial charge in [-0.25, -0.2) is 0 Å². The van der Waals surface area contributed by atoms with Crippen molar-refractivity contribution in [3.05, 3.63) is 29.3 Å². The molecule has 3 heteroatoms. The third-order valence-corrected chi connectivity index (χ3v) is 3.66. The minimum absolute atomic E-state index is 0.0584. The molecule has 3 nitrogen and oxygen atoms in total. The maximum atomic E-state index is 9.30. The molecule has 0 aromatic heterocycles. The summed E-state index contributed by atoms with van der Waals surface area (Å²) in [5.41, 5.74) is 2.50. The Kier molecular flexibility index (Phi) is 4.25. The number of rotatable bonds is 5. The number of aliphatic hydroxyl groups is 1. The number of hydrogen-bond acceptors (Lipinski definition) is 3. The molecule has 0 spiro atoms. The number of aliphatic hydroxyl groups excluding tert-OH is 1. The van der Waals surface area contributed by atoms with Gasteiger partial charge in [0.05, 0.1) is 13.2 Å². The smallest absolute Gasteiger partial charge is 0.123 e. The molecule has 1 aliphatic rings. The van der Waals surface area contributed by atoms with Gasteiger partial charge in [0.2, 0.25) is 0 Å². The second-order valence-corrected chi connectivity index (χ2v) is 5.50. The highest BCUT2D eigenvalue weighted by Crippen LogP contribution is 2.28. The molecule has 0 heterocycles. The molecule has 1 N–H and O–H groups in total. The van der Waals surface area contributed by atoms with Gasteiger partial charge in [-0.1, -0.05) is 17.7 Å². The molecule has 1 aliphatic carbocycles. The summed E-state index contributed by atoms with van der Waals surface area (Å²) in [7, 11) is 3.85. The number of nitrogens with zero attached hydrogens (tertiary/aromatic N) is 1. The highest BCUT2D eigenvalue weighted by molar-refractivity contribution is 5.36.